The van der Waals surface area contributed by atoms with Crippen LogP contribution in [0.4, 0.5) is 15.8 Å². The van der Waals surface area contributed by atoms with E-state index in [0.717, 1.165) is 10.9 Å². The van der Waals surface area contributed by atoms with Gasteiger partial charge in [0.1, 0.15) is 9.50 Å². The van der Waals surface area contributed by atoms with Crippen LogP contribution in [0.5, 0.6) is 0 Å². The standard InChI is InChI=1S/C20H17BrFN5O2S/c1-23-10-13-12-27(30(28,29)15-3-2-8-24-11-15)18-9-14(4-5-16(13)18)25-17-6-7-19(22)26-20(17)21/h2-9,11-12,23,25H,10H2,1H3. The number of aromatic nitrogens is 3. The lowest BCUT2D eigenvalue weighted by Crippen LogP contribution is -2.12. The number of fused-ring (bicyclic) bond motifs is 1. The van der Waals surface area contributed by atoms with Crippen molar-refractivity contribution in [3.05, 3.63) is 77.2 Å². The van der Waals surface area contributed by atoms with E-state index < -0.39 is 16.0 Å². The zero-order valence-corrected chi connectivity index (χ0v) is 18.2. The fraction of sp³-hybridized carbons (Fsp3) is 0.100. The van der Waals surface area contributed by atoms with Gasteiger partial charge in [0.05, 0.1) is 11.2 Å². The smallest absolute Gasteiger partial charge is 0.269 e. The number of nitrogens with one attached hydrogen (secondary N) is 2. The number of pyridine rings is 2. The van der Waals surface area contributed by atoms with Crippen molar-refractivity contribution in [2.24, 2.45) is 0 Å². The largest absolute Gasteiger partial charge is 0.353 e. The first kappa shape index (κ1) is 20.5. The number of rotatable bonds is 6. The molecule has 3 aromatic heterocycles. The van der Waals surface area contributed by atoms with Gasteiger partial charge in [-0.3, -0.25) is 4.98 Å². The molecule has 0 aliphatic heterocycles. The molecule has 30 heavy (non-hydrogen) atoms. The summed E-state index contributed by atoms with van der Waals surface area (Å²) in [6.07, 6.45) is 4.46. The third-order valence-electron chi connectivity index (χ3n) is 4.51. The predicted molar refractivity (Wildman–Crippen MR) is 117 cm³/mol. The minimum atomic E-state index is -3.84. The maximum absolute atomic E-state index is 13.3. The third kappa shape index (κ3) is 3.81. The molecule has 0 unspecified atom stereocenters. The first-order valence-corrected chi connectivity index (χ1v) is 11.2. The lowest BCUT2D eigenvalue weighted by molar-refractivity contribution is 0.581. The summed E-state index contributed by atoms with van der Waals surface area (Å²) in [6, 6.07) is 11.3. The van der Waals surface area contributed by atoms with Crippen molar-refractivity contribution in [3.8, 4) is 0 Å². The second-order valence-electron chi connectivity index (χ2n) is 6.50. The Bertz CT molecular complexity index is 1330. The Hall–Kier alpha value is -2.82. The molecule has 1 aromatic carbocycles. The molecule has 0 aliphatic carbocycles. The molecule has 0 amide bonds. The van der Waals surface area contributed by atoms with Gasteiger partial charge in [0.15, 0.2) is 0 Å². The molecular formula is C20H17BrFN5O2S. The zero-order valence-electron chi connectivity index (χ0n) is 15.8. The van der Waals surface area contributed by atoms with Crippen molar-refractivity contribution in [1.82, 2.24) is 19.3 Å². The van der Waals surface area contributed by atoms with Crippen LogP contribution in [0.2, 0.25) is 0 Å². The Balaban J connectivity index is 1.85. The van der Waals surface area contributed by atoms with Crippen LogP contribution in [0.15, 0.2) is 70.6 Å². The highest BCUT2D eigenvalue weighted by molar-refractivity contribution is 9.10. The van der Waals surface area contributed by atoms with E-state index >= 15 is 0 Å². The van der Waals surface area contributed by atoms with Gasteiger partial charge in [-0.05, 0) is 64.9 Å². The molecule has 0 aliphatic rings. The van der Waals surface area contributed by atoms with Gasteiger partial charge in [-0.2, -0.15) is 4.39 Å². The topological polar surface area (TPSA) is 88.9 Å². The molecule has 0 atom stereocenters. The average molecular weight is 490 g/mol. The molecule has 4 rings (SSSR count). The predicted octanol–water partition coefficient (Wildman–Crippen LogP) is 4.03. The minimum absolute atomic E-state index is 0.0988. The normalized spacial score (nSPS) is 11.7. The number of benzene rings is 1. The van der Waals surface area contributed by atoms with Crippen LogP contribution in [-0.2, 0) is 16.6 Å². The van der Waals surface area contributed by atoms with Crippen molar-refractivity contribution < 1.29 is 12.8 Å². The third-order valence-corrected chi connectivity index (χ3v) is 6.77. The summed E-state index contributed by atoms with van der Waals surface area (Å²) < 4.78 is 41.3. The highest BCUT2D eigenvalue weighted by Crippen LogP contribution is 2.31. The fourth-order valence-corrected chi connectivity index (χ4v) is 4.90. The molecule has 2 N–H and O–H groups in total. The van der Waals surface area contributed by atoms with Gasteiger partial charge < -0.3 is 10.6 Å². The van der Waals surface area contributed by atoms with E-state index in [4.69, 9.17) is 0 Å². The van der Waals surface area contributed by atoms with E-state index in [1.807, 2.05) is 12.1 Å². The quantitative estimate of drug-likeness (QED) is 0.397. The van der Waals surface area contributed by atoms with Crippen molar-refractivity contribution in [2.75, 3.05) is 12.4 Å². The summed E-state index contributed by atoms with van der Waals surface area (Å²) in [4.78, 5) is 7.76. The van der Waals surface area contributed by atoms with E-state index in [-0.39, 0.29) is 4.90 Å². The Morgan fingerprint density at radius 3 is 2.73 bits per heavy atom. The van der Waals surface area contributed by atoms with Crippen LogP contribution in [0.1, 0.15) is 5.56 Å². The SMILES string of the molecule is CNCc1cn(S(=O)(=O)c2cccnc2)c2cc(Nc3ccc(F)nc3Br)ccc12. The number of hydrogen-bond acceptors (Lipinski definition) is 6. The van der Waals surface area contributed by atoms with Gasteiger partial charge in [-0.25, -0.2) is 17.4 Å². The Labute approximate surface area is 181 Å². The summed E-state index contributed by atoms with van der Waals surface area (Å²) in [7, 11) is -2.04. The van der Waals surface area contributed by atoms with Gasteiger partial charge in [0, 0.05) is 36.2 Å². The maximum Gasteiger partial charge on any atom is 0.269 e. The number of halogens is 2. The van der Waals surface area contributed by atoms with Crippen molar-refractivity contribution in [3.63, 3.8) is 0 Å². The summed E-state index contributed by atoms with van der Waals surface area (Å²) >= 11 is 3.23. The molecule has 154 valence electrons. The maximum atomic E-state index is 13.3. The van der Waals surface area contributed by atoms with Gasteiger partial charge >= 0.3 is 0 Å². The molecule has 0 saturated heterocycles. The molecule has 0 saturated carbocycles. The second-order valence-corrected chi connectivity index (χ2v) is 9.07. The van der Waals surface area contributed by atoms with Crippen molar-refractivity contribution in [2.45, 2.75) is 11.4 Å². The van der Waals surface area contributed by atoms with Crippen LogP contribution in [0, 0.1) is 5.95 Å². The van der Waals surface area contributed by atoms with Gasteiger partial charge in [-0.1, -0.05) is 6.07 Å². The minimum Gasteiger partial charge on any atom is -0.353 e. The van der Waals surface area contributed by atoms with E-state index in [0.29, 0.717) is 28.0 Å². The molecule has 0 bridgehead atoms. The van der Waals surface area contributed by atoms with Crippen LogP contribution in [-0.4, -0.2) is 29.4 Å². The lowest BCUT2D eigenvalue weighted by atomic mass is 10.1. The molecule has 7 nitrogen and oxygen atoms in total. The van der Waals surface area contributed by atoms with Crippen molar-refractivity contribution in [1.29, 1.82) is 0 Å². The number of anilines is 2. The van der Waals surface area contributed by atoms with Crippen LogP contribution in [0.3, 0.4) is 0 Å². The van der Waals surface area contributed by atoms with Crippen LogP contribution in [0.25, 0.3) is 10.9 Å². The first-order chi connectivity index (χ1) is 14.4. The van der Waals surface area contributed by atoms with Gasteiger partial charge in [0.2, 0.25) is 5.95 Å². The van der Waals surface area contributed by atoms with Gasteiger partial charge in [0.25, 0.3) is 10.0 Å². The van der Waals surface area contributed by atoms with Gasteiger partial charge in [-0.15, -0.1) is 0 Å². The number of nitrogens with zero attached hydrogens (tertiary/aromatic N) is 3. The van der Waals surface area contributed by atoms with E-state index in [1.54, 1.807) is 31.4 Å². The Kier molecular flexibility index (Phi) is 5.54. The summed E-state index contributed by atoms with van der Waals surface area (Å²) in [5, 5.41) is 7.01. The van der Waals surface area contributed by atoms with E-state index in [1.165, 1.54) is 28.5 Å². The first-order valence-electron chi connectivity index (χ1n) is 8.93. The molecule has 10 heteroatoms. The molecule has 4 aromatic rings. The summed E-state index contributed by atoms with van der Waals surface area (Å²) in [5.74, 6) is -0.601. The highest BCUT2D eigenvalue weighted by Gasteiger charge is 2.21. The molecular weight excluding hydrogens is 473 g/mol. The van der Waals surface area contributed by atoms with E-state index in [2.05, 4.69) is 36.5 Å². The Morgan fingerprint density at radius 2 is 2.03 bits per heavy atom. The highest BCUT2D eigenvalue weighted by atomic mass is 79.9. The molecule has 0 fully saturated rings. The van der Waals surface area contributed by atoms with Crippen molar-refractivity contribution >= 4 is 48.2 Å². The second kappa shape index (κ2) is 8.13. The molecule has 0 spiro atoms. The fourth-order valence-electron chi connectivity index (χ4n) is 3.15. The van der Waals surface area contributed by atoms with Crippen LogP contribution < -0.4 is 10.6 Å². The summed E-state index contributed by atoms with van der Waals surface area (Å²) in [6.45, 7) is 0.506. The zero-order chi connectivity index (χ0) is 21.3. The summed E-state index contributed by atoms with van der Waals surface area (Å²) in [5.41, 5.74) is 2.55. The number of hydrogen-bond donors (Lipinski definition) is 2. The van der Waals surface area contributed by atoms with Crippen LogP contribution >= 0.6 is 15.9 Å². The molecule has 3 heterocycles. The van der Waals surface area contributed by atoms with E-state index in [9.17, 15) is 12.8 Å². The monoisotopic (exact) mass is 489 g/mol. The lowest BCUT2D eigenvalue weighted by Gasteiger charge is -2.10. The Morgan fingerprint density at radius 1 is 1.20 bits per heavy atom. The molecule has 0 radical (unpaired) electrons. The average Bonchev–Trinajstić information content (AvgIpc) is 3.10.